The molecule has 0 spiro atoms. The number of hydrogen-bond acceptors (Lipinski definition) is 5. The lowest BCUT2D eigenvalue weighted by Gasteiger charge is -2.18. The Balaban J connectivity index is 2.36. The van der Waals surface area contributed by atoms with E-state index < -0.39 is 0 Å². The molecular formula is C16H22N4O. The summed E-state index contributed by atoms with van der Waals surface area (Å²) in [6.45, 7) is 10.3. The van der Waals surface area contributed by atoms with E-state index in [1.54, 1.807) is 6.07 Å². The topological polar surface area (TPSA) is 73.1 Å². The normalized spacial score (nSPS) is 11.3. The summed E-state index contributed by atoms with van der Waals surface area (Å²) >= 11 is 0. The minimum atomic E-state index is -0.186. The van der Waals surface area contributed by atoms with E-state index >= 15 is 0 Å². The Morgan fingerprint density at radius 1 is 1.05 bits per heavy atom. The van der Waals surface area contributed by atoms with Gasteiger partial charge < -0.3 is 10.2 Å². The number of nitrogens with two attached hydrogens (primary N) is 1. The second kappa shape index (κ2) is 5.69. The maximum atomic E-state index is 5.85. The number of nitrogens with one attached hydrogen (secondary N) is 1. The summed E-state index contributed by atoms with van der Waals surface area (Å²) in [6.07, 6.45) is 0. The number of aryl methyl sites for hydroxylation is 2. The average molecular weight is 286 g/mol. The van der Waals surface area contributed by atoms with Gasteiger partial charge in [0.15, 0.2) is 0 Å². The third kappa shape index (κ3) is 3.70. The first-order chi connectivity index (χ1) is 9.79. The minimum absolute atomic E-state index is 0.186. The molecule has 0 unspecified atom stereocenters. The minimum Gasteiger partial charge on any atom is -0.439 e. The summed E-state index contributed by atoms with van der Waals surface area (Å²) in [6, 6.07) is 7.63. The molecule has 2 aromatic rings. The molecule has 5 nitrogen and oxygen atoms in total. The Morgan fingerprint density at radius 3 is 2.33 bits per heavy atom. The van der Waals surface area contributed by atoms with Gasteiger partial charge in [0.1, 0.15) is 17.4 Å². The molecule has 0 atom stereocenters. The highest BCUT2D eigenvalue weighted by molar-refractivity contribution is 5.41. The van der Waals surface area contributed by atoms with Crippen LogP contribution in [0.25, 0.3) is 0 Å². The Kier molecular flexibility index (Phi) is 4.14. The van der Waals surface area contributed by atoms with Gasteiger partial charge in [-0.2, -0.15) is 4.98 Å². The molecule has 0 saturated heterocycles. The fourth-order valence-corrected chi connectivity index (χ4v) is 1.78. The summed E-state index contributed by atoms with van der Waals surface area (Å²) in [5.41, 5.74) is 4.77. The van der Waals surface area contributed by atoms with Gasteiger partial charge >= 0.3 is 0 Å². The summed E-state index contributed by atoms with van der Waals surface area (Å²) in [7, 11) is 0. The molecule has 0 radical (unpaired) electrons. The van der Waals surface area contributed by atoms with Crippen LogP contribution >= 0.6 is 0 Å². The van der Waals surface area contributed by atoms with Crippen molar-refractivity contribution < 1.29 is 4.74 Å². The highest BCUT2D eigenvalue weighted by Crippen LogP contribution is 2.27. The SMILES string of the molecule is Cc1ccc(Oc2cc(NN)nc(C(C)(C)C)n2)cc1C. The number of benzene rings is 1. The van der Waals surface area contributed by atoms with Crippen LogP contribution in [0.4, 0.5) is 5.82 Å². The molecule has 0 aliphatic carbocycles. The molecule has 1 aromatic carbocycles. The van der Waals surface area contributed by atoms with Crippen molar-refractivity contribution in [1.82, 2.24) is 9.97 Å². The number of nitrogen functional groups attached to an aromatic ring is 1. The number of aromatic nitrogens is 2. The number of nitrogens with zero attached hydrogens (tertiary/aromatic N) is 2. The number of hydrazine groups is 1. The predicted octanol–water partition coefficient (Wildman–Crippen LogP) is 3.47. The second-order valence-electron chi connectivity index (χ2n) is 6.16. The van der Waals surface area contributed by atoms with Crippen molar-refractivity contribution in [3.63, 3.8) is 0 Å². The zero-order valence-electron chi connectivity index (χ0n) is 13.2. The monoisotopic (exact) mass is 286 g/mol. The van der Waals surface area contributed by atoms with Crippen molar-refractivity contribution in [3.8, 4) is 11.6 Å². The third-order valence-corrected chi connectivity index (χ3v) is 3.22. The highest BCUT2D eigenvalue weighted by Gasteiger charge is 2.19. The molecule has 0 amide bonds. The Morgan fingerprint density at radius 2 is 1.76 bits per heavy atom. The van der Waals surface area contributed by atoms with E-state index in [0.717, 1.165) is 5.75 Å². The number of hydrogen-bond donors (Lipinski definition) is 2. The Hall–Kier alpha value is -2.14. The maximum Gasteiger partial charge on any atom is 0.224 e. The van der Waals surface area contributed by atoms with Crippen LogP contribution < -0.4 is 16.0 Å². The first-order valence-corrected chi connectivity index (χ1v) is 6.91. The predicted molar refractivity (Wildman–Crippen MR) is 84.5 cm³/mol. The van der Waals surface area contributed by atoms with Crippen LogP contribution in [0.5, 0.6) is 11.6 Å². The van der Waals surface area contributed by atoms with Crippen molar-refractivity contribution in [2.24, 2.45) is 5.84 Å². The Labute approximate surface area is 125 Å². The molecule has 0 bridgehead atoms. The van der Waals surface area contributed by atoms with Crippen molar-refractivity contribution in [1.29, 1.82) is 0 Å². The van der Waals surface area contributed by atoms with Gasteiger partial charge in [-0.05, 0) is 37.1 Å². The lowest BCUT2D eigenvalue weighted by molar-refractivity contribution is 0.446. The van der Waals surface area contributed by atoms with Crippen molar-refractivity contribution in [2.75, 3.05) is 5.43 Å². The number of anilines is 1. The van der Waals surface area contributed by atoms with Crippen molar-refractivity contribution >= 4 is 5.82 Å². The van der Waals surface area contributed by atoms with E-state index in [1.807, 2.05) is 39.0 Å². The smallest absolute Gasteiger partial charge is 0.224 e. The first kappa shape index (κ1) is 15.3. The number of ether oxygens (including phenoxy) is 1. The lowest BCUT2D eigenvalue weighted by Crippen LogP contribution is -2.19. The molecule has 0 aliphatic heterocycles. The molecule has 112 valence electrons. The highest BCUT2D eigenvalue weighted by atomic mass is 16.5. The molecule has 5 heteroatoms. The van der Waals surface area contributed by atoms with Crippen LogP contribution in [-0.2, 0) is 5.41 Å². The molecule has 1 aromatic heterocycles. The van der Waals surface area contributed by atoms with Gasteiger partial charge in [-0.25, -0.2) is 10.8 Å². The molecule has 2 rings (SSSR count). The van der Waals surface area contributed by atoms with E-state index in [-0.39, 0.29) is 5.41 Å². The summed E-state index contributed by atoms with van der Waals surface area (Å²) < 4.78 is 5.85. The van der Waals surface area contributed by atoms with Crippen molar-refractivity contribution in [3.05, 3.63) is 41.2 Å². The van der Waals surface area contributed by atoms with E-state index in [4.69, 9.17) is 10.6 Å². The Bertz CT molecular complexity index is 647. The molecule has 0 aliphatic rings. The van der Waals surface area contributed by atoms with Crippen LogP contribution in [0, 0.1) is 13.8 Å². The van der Waals surface area contributed by atoms with E-state index in [9.17, 15) is 0 Å². The van der Waals surface area contributed by atoms with Gasteiger partial charge in [0.2, 0.25) is 5.88 Å². The summed E-state index contributed by atoms with van der Waals surface area (Å²) in [5.74, 6) is 7.91. The zero-order chi connectivity index (χ0) is 15.6. The van der Waals surface area contributed by atoms with E-state index in [0.29, 0.717) is 17.5 Å². The van der Waals surface area contributed by atoms with E-state index in [1.165, 1.54) is 11.1 Å². The van der Waals surface area contributed by atoms with Gasteiger partial charge in [-0.15, -0.1) is 0 Å². The van der Waals surface area contributed by atoms with Crippen LogP contribution in [0.1, 0.15) is 37.7 Å². The second-order valence-corrected chi connectivity index (χ2v) is 6.16. The summed E-state index contributed by atoms with van der Waals surface area (Å²) in [4.78, 5) is 8.84. The van der Waals surface area contributed by atoms with Crippen LogP contribution in [0.15, 0.2) is 24.3 Å². The summed E-state index contributed by atoms with van der Waals surface area (Å²) in [5, 5.41) is 0. The van der Waals surface area contributed by atoms with Gasteiger partial charge in [0.05, 0.1) is 0 Å². The average Bonchev–Trinajstić information content (AvgIpc) is 2.41. The molecule has 0 fully saturated rings. The quantitative estimate of drug-likeness (QED) is 0.667. The first-order valence-electron chi connectivity index (χ1n) is 6.91. The van der Waals surface area contributed by atoms with Crippen LogP contribution in [0.3, 0.4) is 0 Å². The van der Waals surface area contributed by atoms with Crippen LogP contribution in [-0.4, -0.2) is 9.97 Å². The number of rotatable bonds is 3. The fourth-order valence-electron chi connectivity index (χ4n) is 1.78. The van der Waals surface area contributed by atoms with Gasteiger partial charge in [0.25, 0.3) is 0 Å². The molecule has 1 heterocycles. The van der Waals surface area contributed by atoms with Crippen molar-refractivity contribution in [2.45, 2.75) is 40.0 Å². The standard InChI is InChI=1S/C16H22N4O/c1-10-6-7-12(8-11(10)2)21-14-9-13(20-17)18-15(19-14)16(3,4)5/h6-9H,17H2,1-5H3,(H,18,19,20). The third-order valence-electron chi connectivity index (χ3n) is 3.22. The van der Waals surface area contributed by atoms with Gasteiger partial charge in [-0.1, -0.05) is 26.8 Å². The molecule has 21 heavy (non-hydrogen) atoms. The zero-order valence-corrected chi connectivity index (χ0v) is 13.2. The van der Waals surface area contributed by atoms with Gasteiger partial charge in [0, 0.05) is 11.5 Å². The molecule has 0 saturated carbocycles. The maximum absolute atomic E-state index is 5.85. The largest absolute Gasteiger partial charge is 0.439 e. The molecular weight excluding hydrogens is 264 g/mol. The van der Waals surface area contributed by atoms with E-state index in [2.05, 4.69) is 29.2 Å². The van der Waals surface area contributed by atoms with Crippen LogP contribution in [0.2, 0.25) is 0 Å². The molecule has 3 N–H and O–H groups in total. The fraction of sp³-hybridized carbons (Fsp3) is 0.375. The van der Waals surface area contributed by atoms with Gasteiger partial charge in [-0.3, -0.25) is 0 Å². The lowest BCUT2D eigenvalue weighted by atomic mass is 9.96.